The smallest absolute Gasteiger partial charge is 0.116 e. The summed E-state index contributed by atoms with van der Waals surface area (Å²) in [5.74, 6) is 1.89. The summed E-state index contributed by atoms with van der Waals surface area (Å²) < 4.78 is 41.7. The van der Waals surface area contributed by atoms with Gasteiger partial charge in [-0.2, -0.15) is 0 Å². The van der Waals surface area contributed by atoms with Crippen molar-refractivity contribution in [3.8, 4) is 0 Å². The van der Waals surface area contributed by atoms with Crippen LogP contribution in [0.15, 0.2) is 0 Å². The van der Waals surface area contributed by atoms with Gasteiger partial charge in [0.15, 0.2) is 0 Å². The molecule has 3 saturated carbocycles. The van der Waals surface area contributed by atoms with Gasteiger partial charge < -0.3 is 28.3 Å². The third kappa shape index (κ3) is 9.08. The van der Waals surface area contributed by atoms with Gasteiger partial charge in [-0.05, 0) is 54.8 Å². The van der Waals surface area contributed by atoms with Crippen LogP contribution in [0.1, 0.15) is 60.8 Å². The summed E-state index contributed by atoms with van der Waals surface area (Å²) >= 11 is 0. The fourth-order valence-electron chi connectivity index (χ4n) is 6.32. The van der Waals surface area contributed by atoms with E-state index >= 15 is 0 Å². The van der Waals surface area contributed by atoms with E-state index in [0.717, 1.165) is 19.3 Å². The molecule has 0 aromatic rings. The zero-order valence-electron chi connectivity index (χ0n) is 25.0. The van der Waals surface area contributed by atoms with Crippen molar-refractivity contribution in [2.45, 2.75) is 79.1 Å². The molecule has 0 heterocycles. The van der Waals surface area contributed by atoms with Crippen LogP contribution < -0.4 is 0 Å². The van der Waals surface area contributed by atoms with Crippen LogP contribution in [-0.4, -0.2) is 63.5 Å². The molecule has 10 heteroatoms. The quantitative estimate of drug-likeness (QED) is 0.288. The van der Waals surface area contributed by atoms with Gasteiger partial charge in [0.1, 0.15) is 18.4 Å². The molecule has 14 unspecified atom stereocenters. The third-order valence-corrected chi connectivity index (χ3v) is 11.1. The van der Waals surface area contributed by atoms with Crippen molar-refractivity contribution >= 4 is 28.5 Å². The van der Waals surface area contributed by atoms with E-state index < -0.39 is 22.0 Å². The average Bonchev–Trinajstić information content (AvgIpc) is 3.33. The maximum absolute atomic E-state index is 10.5. The Morgan fingerprint density at radius 1 is 0.750 bits per heavy atom. The van der Waals surface area contributed by atoms with E-state index in [-0.39, 0.29) is 121 Å². The van der Waals surface area contributed by atoms with Gasteiger partial charge in [-0.25, -0.2) is 0 Å². The molecule has 3 rings (SSSR count). The Hall–Kier alpha value is 2.15. The summed E-state index contributed by atoms with van der Waals surface area (Å²) in [7, 11) is -6.21. The van der Waals surface area contributed by atoms with E-state index in [1.165, 1.54) is 0 Å². The first-order valence-corrected chi connectivity index (χ1v) is 15.8. The minimum Gasteiger partial charge on any atom is -0.396 e. The number of aliphatic hydroxyl groups excluding tert-OH is 2. The van der Waals surface area contributed by atoms with Crippen molar-refractivity contribution in [2.24, 2.45) is 53.3 Å². The van der Waals surface area contributed by atoms with E-state index in [4.69, 9.17) is 20.7 Å². The summed E-state index contributed by atoms with van der Waals surface area (Å²) in [4.78, 5) is 0. The van der Waals surface area contributed by atoms with Gasteiger partial charge in [0, 0.05) is 78.1 Å². The molecule has 0 aromatic heterocycles. The molecule has 36 heavy (non-hydrogen) atoms. The summed E-state index contributed by atoms with van der Waals surface area (Å²) in [5, 5.41) is 20.3. The monoisotopic (exact) mass is 797 g/mol. The van der Waals surface area contributed by atoms with Gasteiger partial charge in [-0.15, -0.1) is 0 Å². The standard InChI is InChI=1S/C26H50O6P2.W.Y/c1-15-10-22(24(28)18(15)4)13-29-33(7)32-26-20(6)17(3)11-23(26)14-30-34(8)31-25-19(5)16(2)9-21(25)12-27;;/h15-28,33-34H,7-14H2,1-6H3;;/i33T,34T;;. The van der Waals surface area contributed by atoms with Crippen molar-refractivity contribution in [3.05, 3.63) is 0 Å². The van der Waals surface area contributed by atoms with Crippen LogP contribution in [0.4, 0.5) is 0 Å². The second-order valence-corrected chi connectivity index (χ2v) is 13.8. The number of hydrogen-bond acceptors (Lipinski definition) is 6. The molecule has 2 N–H and O–H groups in total. The van der Waals surface area contributed by atoms with Crippen LogP contribution in [0.25, 0.3) is 0 Å². The molecule has 3 aliphatic carbocycles. The molecular formula is C26H50O6P2WY. The SMILES string of the molecule is [3H]P(=C)(OCC1CC(C)C(C)C1OP([3H])(=C)OCC1CC(C)C(C)C1O)OC1C(CO)CC(C)C1C.[W].[Y]. The van der Waals surface area contributed by atoms with Gasteiger partial charge in [0.05, 0.1) is 31.5 Å². The number of hydrogen-bond donors (Lipinski definition) is 2. The molecule has 0 saturated heterocycles. The first-order chi connectivity index (χ1) is 16.7. The Kier molecular flexibility index (Phi) is 15.0. The van der Waals surface area contributed by atoms with E-state index in [1.807, 2.05) is 0 Å². The fraction of sp³-hybridized carbons (Fsp3) is 0.923. The first kappa shape index (κ1) is 32.7. The van der Waals surface area contributed by atoms with E-state index in [0.29, 0.717) is 17.8 Å². The van der Waals surface area contributed by atoms with Crippen LogP contribution in [0.5, 0.6) is 0 Å². The van der Waals surface area contributed by atoms with Crippen LogP contribution in [-0.2, 0) is 71.9 Å². The van der Waals surface area contributed by atoms with Crippen molar-refractivity contribution in [1.29, 1.82) is 2.56 Å². The van der Waals surface area contributed by atoms with Crippen LogP contribution in [0, 0.1) is 53.3 Å². The van der Waals surface area contributed by atoms with Crippen molar-refractivity contribution in [3.63, 3.8) is 0 Å². The molecule has 6 nitrogen and oxygen atoms in total. The maximum atomic E-state index is 10.5. The molecule has 3 aliphatic rings. The molecular weight excluding hydrogens is 743 g/mol. The Bertz CT molecular complexity index is 844. The number of rotatable bonds is 11. The summed E-state index contributed by atoms with van der Waals surface area (Å²) in [6.45, 7) is 13.4. The molecule has 209 valence electrons. The van der Waals surface area contributed by atoms with Crippen molar-refractivity contribution in [1.82, 2.24) is 0 Å². The molecule has 0 spiro atoms. The fourth-order valence-corrected chi connectivity index (χ4v) is 8.43. The van der Waals surface area contributed by atoms with E-state index in [2.05, 4.69) is 54.1 Å². The second kappa shape index (κ2) is 16.6. The summed E-state index contributed by atoms with van der Waals surface area (Å²) in [5.41, 5.74) is 0. The molecule has 0 amide bonds. The third-order valence-electron chi connectivity index (χ3n) is 9.28. The van der Waals surface area contributed by atoms with E-state index in [9.17, 15) is 10.2 Å². The van der Waals surface area contributed by atoms with Gasteiger partial charge in [-0.3, -0.25) is 0 Å². The molecule has 0 aliphatic heterocycles. The van der Waals surface area contributed by atoms with Crippen LogP contribution in [0.2, 0.25) is 0 Å². The zero-order valence-corrected chi connectivity index (χ0v) is 30.6. The van der Waals surface area contributed by atoms with Crippen molar-refractivity contribution in [2.75, 3.05) is 19.8 Å². The Balaban J connectivity index is 0.00000361. The Labute approximate surface area is 263 Å². The molecule has 3 fully saturated rings. The number of aliphatic hydroxyl groups is 2. The molecule has 1 radical (unpaired) electrons. The normalized spacial score (nSPS) is 46.7. The second-order valence-electron chi connectivity index (χ2n) is 11.6. The van der Waals surface area contributed by atoms with Gasteiger partial charge in [0.2, 0.25) is 0 Å². The van der Waals surface area contributed by atoms with Gasteiger partial charge in [0.25, 0.3) is 0 Å². The minimum absolute atomic E-state index is 0. The Morgan fingerprint density at radius 3 is 1.58 bits per heavy atom. The topological polar surface area (TPSA) is 77.4 Å². The molecule has 0 aromatic carbocycles. The van der Waals surface area contributed by atoms with E-state index in [1.54, 1.807) is 0 Å². The predicted molar refractivity (Wildman–Crippen MR) is 145 cm³/mol. The minimum atomic E-state index is -3.11. The zero-order chi connectivity index (χ0) is 27.0. The summed E-state index contributed by atoms with van der Waals surface area (Å²) in [6, 6.07) is 0. The largest absolute Gasteiger partial charge is 0.396 e. The van der Waals surface area contributed by atoms with Gasteiger partial charge in [-0.1, -0.05) is 54.1 Å². The maximum Gasteiger partial charge on any atom is 0.116 e. The summed E-state index contributed by atoms with van der Waals surface area (Å²) in [6.07, 6.45) is 9.67. The Morgan fingerprint density at radius 2 is 1.14 bits per heavy atom. The molecule has 0 bridgehead atoms. The predicted octanol–water partition coefficient (Wildman–Crippen LogP) is 4.97. The van der Waals surface area contributed by atoms with Crippen LogP contribution in [0.3, 0.4) is 0 Å². The van der Waals surface area contributed by atoms with Crippen molar-refractivity contribution < 1.29 is 82.1 Å². The first-order valence-electron chi connectivity index (χ1n) is 14.0. The van der Waals surface area contributed by atoms with Crippen LogP contribution >= 0.6 is 15.9 Å². The average molecular weight is 797 g/mol. The molecule has 14 atom stereocenters. The van der Waals surface area contributed by atoms with Gasteiger partial charge >= 0.3 is 0 Å².